The maximum absolute atomic E-state index is 12.0. The third-order valence-corrected chi connectivity index (χ3v) is 3.32. The molecule has 1 amide bonds. The summed E-state index contributed by atoms with van der Waals surface area (Å²) in [7, 11) is 3.15. The molecule has 0 aliphatic rings. The van der Waals surface area contributed by atoms with Crippen molar-refractivity contribution in [2.45, 2.75) is 6.42 Å². The van der Waals surface area contributed by atoms with Crippen LogP contribution in [-0.2, 0) is 11.2 Å². The molecule has 1 N–H and O–H groups in total. The van der Waals surface area contributed by atoms with Crippen LogP contribution in [0.2, 0.25) is 5.02 Å². The molecule has 2 aromatic carbocycles. The second-order valence-electron chi connectivity index (χ2n) is 4.41. The Morgan fingerprint density at radius 1 is 1.10 bits per heavy atom. The lowest BCUT2D eigenvalue weighted by Crippen LogP contribution is -2.14. The molecule has 0 saturated carbocycles. The zero-order valence-electron chi connectivity index (χ0n) is 11.9. The van der Waals surface area contributed by atoms with Gasteiger partial charge in [-0.3, -0.25) is 4.79 Å². The summed E-state index contributed by atoms with van der Waals surface area (Å²) in [6.45, 7) is 0. The number of nitrogens with one attached hydrogen (secondary N) is 1. The largest absolute Gasteiger partial charge is 0.497 e. The van der Waals surface area contributed by atoms with Crippen molar-refractivity contribution in [2.75, 3.05) is 19.5 Å². The Morgan fingerprint density at radius 2 is 1.81 bits per heavy atom. The van der Waals surface area contributed by atoms with E-state index in [1.807, 2.05) is 12.1 Å². The number of anilines is 1. The van der Waals surface area contributed by atoms with Crippen molar-refractivity contribution in [3.05, 3.63) is 53.1 Å². The van der Waals surface area contributed by atoms with Gasteiger partial charge in [0.05, 0.1) is 20.6 Å². The monoisotopic (exact) mass is 305 g/mol. The number of hydrogen-bond donors (Lipinski definition) is 1. The van der Waals surface area contributed by atoms with Gasteiger partial charge >= 0.3 is 0 Å². The first-order valence-electron chi connectivity index (χ1n) is 6.38. The Morgan fingerprint density at radius 3 is 2.48 bits per heavy atom. The predicted octanol–water partition coefficient (Wildman–Crippen LogP) is 3.54. The molecule has 0 fully saturated rings. The normalized spacial score (nSPS) is 10.0. The third-order valence-electron chi connectivity index (χ3n) is 2.96. The van der Waals surface area contributed by atoms with Gasteiger partial charge in [-0.2, -0.15) is 0 Å². The second kappa shape index (κ2) is 6.99. The molecular formula is C16H16ClNO3. The first-order chi connectivity index (χ1) is 10.1. The minimum Gasteiger partial charge on any atom is -0.497 e. The Labute approximate surface area is 128 Å². The van der Waals surface area contributed by atoms with Crippen LogP contribution in [0.1, 0.15) is 5.56 Å². The first kappa shape index (κ1) is 15.2. The topological polar surface area (TPSA) is 47.6 Å². The van der Waals surface area contributed by atoms with Crippen LogP contribution >= 0.6 is 11.6 Å². The van der Waals surface area contributed by atoms with Crippen molar-refractivity contribution in [1.29, 1.82) is 0 Å². The molecule has 0 aromatic heterocycles. The number of benzene rings is 2. The van der Waals surface area contributed by atoms with Gasteiger partial charge in [-0.1, -0.05) is 23.7 Å². The van der Waals surface area contributed by atoms with Gasteiger partial charge in [-0.05, 0) is 29.8 Å². The van der Waals surface area contributed by atoms with E-state index in [9.17, 15) is 4.79 Å². The minimum atomic E-state index is -0.143. The number of carbonyl (C=O) groups is 1. The van der Waals surface area contributed by atoms with Crippen molar-refractivity contribution in [1.82, 2.24) is 0 Å². The van der Waals surface area contributed by atoms with Crippen LogP contribution in [0.15, 0.2) is 42.5 Å². The molecule has 0 aliphatic heterocycles. The molecule has 2 rings (SSSR count). The van der Waals surface area contributed by atoms with E-state index >= 15 is 0 Å². The molecule has 110 valence electrons. The number of rotatable bonds is 5. The molecule has 0 heterocycles. The third kappa shape index (κ3) is 4.13. The molecule has 4 nitrogen and oxygen atoms in total. The van der Waals surface area contributed by atoms with Gasteiger partial charge in [0.15, 0.2) is 0 Å². The number of hydrogen-bond acceptors (Lipinski definition) is 3. The molecule has 5 heteroatoms. The number of halogens is 1. The van der Waals surface area contributed by atoms with E-state index in [1.165, 1.54) is 0 Å². The van der Waals surface area contributed by atoms with Crippen LogP contribution in [0.4, 0.5) is 5.69 Å². The molecule has 0 unspecified atom stereocenters. The highest BCUT2D eigenvalue weighted by molar-refractivity contribution is 6.31. The first-order valence-corrected chi connectivity index (χ1v) is 6.76. The minimum absolute atomic E-state index is 0.143. The maximum atomic E-state index is 12.0. The number of amides is 1. The molecule has 0 atom stereocenters. The van der Waals surface area contributed by atoms with E-state index in [0.717, 1.165) is 5.56 Å². The van der Waals surface area contributed by atoms with Gasteiger partial charge in [-0.25, -0.2) is 0 Å². The van der Waals surface area contributed by atoms with Crippen LogP contribution < -0.4 is 14.8 Å². The van der Waals surface area contributed by atoms with E-state index in [0.29, 0.717) is 22.2 Å². The van der Waals surface area contributed by atoms with Crippen LogP contribution in [-0.4, -0.2) is 20.1 Å². The zero-order chi connectivity index (χ0) is 15.2. The average molecular weight is 306 g/mol. The fourth-order valence-corrected chi connectivity index (χ4v) is 2.11. The highest BCUT2D eigenvalue weighted by atomic mass is 35.5. The summed E-state index contributed by atoms with van der Waals surface area (Å²) in [6.07, 6.45) is 0.194. The van der Waals surface area contributed by atoms with Crippen molar-refractivity contribution in [2.24, 2.45) is 0 Å². The Bertz CT molecular complexity index is 643. The lowest BCUT2D eigenvalue weighted by molar-refractivity contribution is -0.115. The summed E-state index contributed by atoms with van der Waals surface area (Å²) >= 11 is 6.12. The summed E-state index contributed by atoms with van der Waals surface area (Å²) in [6, 6.07) is 12.4. The molecule has 0 bridgehead atoms. The molecule has 0 spiro atoms. The van der Waals surface area contributed by atoms with Gasteiger partial charge in [0.25, 0.3) is 0 Å². The van der Waals surface area contributed by atoms with Gasteiger partial charge in [0.2, 0.25) is 5.91 Å². The van der Waals surface area contributed by atoms with Gasteiger partial charge < -0.3 is 14.8 Å². The van der Waals surface area contributed by atoms with Crippen LogP contribution in [0, 0.1) is 0 Å². The number of methoxy groups -OCH3 is 2. The summed E-state index contributed by atoms with van der Waals surface area (Å²) in [4.78, 5) is 12.0. The maximum Gasteiger partial charge on any atom is 0.228 e. The van der Waals surface area contributed by atoms with Crippen molar-refractivity contribution < 1.29 is 14.3 Å². The predicted molar refractivity (Wildman–Crippen MR) is 83.3 cm³/mol. The van der Waals surface area contributed by atoms with E-state index in [2.05, 4.69) is 5.32 Å². The lowest BCUT2D eigenvalue weighted by atomic mass is 10.1. The zero-order valence-corrected chi connectivity index (χ0v) is 12.6. The molecule has 0 aliphatic carbocycles. The van der Waals surface area contributed by atoms with Crippen LogP contribution in [0.5, 0.6) is 11.5 Å². The van der Waals surface area contributed by atoms with Crippen molar-refractivity contribution in [3.63, 3.8) is 0 Å². The lowest BCUT2D eigenvalue weighted by Gasteiger charge is -2.09. The Balaban J connectivity index is 2.04. The highest BCUT2D eigenvalue weighted by Crippen LogP contribution is 2.23. The van der Waals surface area contributed by atoms with Crippen molar-refractivity contribution in [3.8, 4) is 11.5 Å². The molecular weight excluding hydrogens is 290 g/mol. The number of carbonyl (C=O) groups excluding carboxylic acids is 1. The molecule has 0 radical (unpaired) electrons. The Hall–Kier alpha value is -2.20. The van der Waals surface area contributed by atoms with E-state index in [4.69, 9.17) is 21.1 Å². The number of ether oxygens (including phenoxy) is 2. The van der Waals surface area contributed by atoms with E-state index < -0.39 is 0 Å². The highest BCUT2D eigenvalue weighted by Gasteiger charge is 2.09. The summed E-state index contributed by atoms with van der Waals surface area (Å²) in [5.74, 6) is 1.21. The van der Waals surface area contributed by atoms with Crippen LogP contribution in [0.25, 0.3) is 0 Å². The standard InChI is InChI=1S/C16H16ClNO3/c1-20-13-5-3-4-12(9-13)18-16(19)8-11-6-7-14(21-2)10-15(11)17/h3-7,9-10H,8H2,1-2H3,(H,18,19). The molecule has 21 heavy (non-hydrogen) atoms. The summed E-state index contributed by atoms with van der Waals surface area (Å²) in [5, 5.41) is 3.32. The Kier molecular flexibility index (Phi) is 5.06. The summed E-state index contributed by atoms with van der Waals surface area (Å²) < 4.78 is 10.2. The quantitative estimate of drug-likeness (QED) is 0.919. The van der Waals surface area contributed by atoms with Crippen LogP contribution in [0.3, 0.4) is 0 Å². The molecule has 0 saturated heterocycles. The van der Waals surface area contributed by atoms with Crippen molar-refractivity contribution >= 4 is 23.2 Å². The van der Waals surface area contributed by atoms with E-state index in [-0.39, 0.29) is 12.3 Å². The van der Waals surface area contributed by atoms with Gasteiger partial charge in [-0.15, -0.1) is 0 Å². The average Bonchev–Trinajstić information content (AvgIpc) is 2.49. The van der Waals surface area contributed by atoms with Gasteiger partial charge in [0, 0.05) is 16.8 Å². The van der Waals surface area contributed by atoms with E-state index in [1.54, 1.807) is 44.6 Å². The SMILES string of the molecule is COc1cccc(NC(=O)Cc2ccc(OC)cc2Cl)c1. The van der Waals surface area contributed by atoms with Gasteiger partial charge in [0.1, 0.15) is 11.5 Å². The fourth-order valence-electron chi connectivity index (χ4n) is 1.88. The smallest absolute Gasteiger partial charge is 0.228 e. The fraction of sp³-hybridized carbons (Fsp3) is 0.188. The summed E-state index contributed by atoms with van der Waals surface area (Å²) in [5.41, 5.74) is 1.43. The second-order valence-corrected chi connectivity index (χ2v) is 4.82. The molecule has 2 aromatic rings.